The molecule has 0 atom stereocenters. The number of carbonyl (C=O) groups is 1. The molecule has 1 rings (SSSR count). The van der Waals surface area contributed by atoms with Crippen LogP contribution in [0.3, 0.4) is 0 Å². The van der Waals surface area contributed by atoms with E-state index in [1.54, 1.807) is 24.3 Å². The number of benzene rings is 1. The summed E-state index contributed by atoms with van der Waals surface area (Å²) in [5.41, 5.74) is 3.13. The van der Waals surface area contributed by atoms with Crippen molar-refractivity contribution in [2.75, 3.05) is 6.61 Å². The minimum absolute atomic E-state index is 0.0271. The highest BCUT2D eigenvalue weighted by Gasteiger charge is 1.93. The van der Waals surface area contributed by atoms with Crippen LogP contribution in [0.15, 0.2) is 29.4 Å². The highest BCUT2D eigenvalue weighted by Crippen LogP contribution is 2.10. The Morgan fingerprint density at radius 3 is 2.81 bits per heavy atom. The molecule has 1 aromatic carbocycles. The van der Waals surface area contributed by atoms with Gasteiger partial charge in [0, 0.05) is 6.92 Å². The first kappa shape index (κ1) is 11.7. The summed E-state index contributed by atoms with van der Waals surface area (Å²) < 4.78 is 5.08. The molecule has 0 fully saturated rings. The second-order valence-electron chi connectivity index (χ2n) is 2.94. The van der Waals surface area contributed by atoms with Gasteiger partial charge in [-0.05, 0) is 29.8 Å². The van der Waals surface area contributed by atoms with E-state index in [1.165, 1.54) is 13.1 Å². The molecule has 0 aliphatic carbocycles. The first-order chi connectivity index (χ1) is 7.72. The second kappa shape index (κ2) is 6.19. The van der Waals surface area contributed by atoms with Crippen molar-refractivity contribution in [2.24, 2.45) is 5.10 Å². The number of amides is 1. The Bertz CT molecular complexity index is 418. The fourth-order valence-electron chi connectivity index (χ4n) is 0.963. The van der Waals surface area contributed by atoms with Crippen molar-refractivity contribution in [1.82, 2.24) is 5.43 Å². The summed E-state index contributed by atoms with van der Waals surface area (Å²) in [4.78, 5) is 10.5. The summed E-state index contributed by atoms with van der Waals surface area (Å²) in [6.07, 6.45) is 1.52. The smallest absolute Gasteiger partial charge is 0.236 e. The van der Waals surface area contributed by atoms with E-state index < -0.39 is 0 Å². The molecule has 5 heteroatoms. The van der Waals surface area contributed by atoms with Gasteiger partial charge in [-0.3, -0.25) is 4.79 Å². The van der Waals surface area contributed by atoms with Gasteiger partial charge in [0.1, 0.15) is 11.8 Å². The molecule has 0 unspecified atom stereocenters. The van der Waals surface area contributed by atoms with Crippen molar-refractivity contribution in [3.05, 3.63) is 29.8 Å². The van der Waals surface area contributed by atoms with Gasteiger partial charge in [-0.2, -0.15) is 10.4 Å². The van der Waals surface area contributed by atoms with Crippen molar-refractivity contribution < 1.29 is 9.53 Å². The number of rotatable bonds is 4. The number of nitrogens with zero attached hydrogens (tertiary/aromatic N) is 2. The number of hydrazone groups is 1. The van der Waals surface area contributed by atoms with E-state index in [-0.39, 0.29) is 12.5 Å². The molecule has 0 aliphatic heterocycles. The highest BCUT2D eigenvalue weighted by molar-refractivity contribution is 5.81. The maximum absolute atomic E-state index is 10.5. The number of ether oxygens (including phenoxy) is 1. The third-order valence-corrected chi connectivity index (χ3v) is 1.62. The van der Waals surface area contributed by atoms with E-state index in [1.807, 2.05) is 6.07 Å². The van der Waals surface area contributed by atoms with Crippen LogP contribution in [-0.2, 0) is 4.79 Å². The van der Waals surface area contributed by atoms with Gasteiger partial charge in [-0.25, -0.2) is 5.43 Å². The second-order valence-corrected chi connectivity index (χ2v) is 2.94. The van der Waals surface area contributed by atoms with Gasteiger partial charge < -0.3 is 4.74 Å². The molecule has 0 aliphatic rings. The Balaban J connectivity index is 2.54. The zero-order valence-corrected chi connectivity index (χ0v) is 8.80. The van der Waals surface area contributed by atoms with Crippen LogP contribution in [0.25, 0.3) is 0 Å². The molecule has 82 valence electrons. The third-order valence-electron chi connectivity index (χ3n) is 1.62. The summed E-state index contributed by atoms with van der Waals surface area (Å²) >= 11 is 0. The lowest BCUT2D eigenvalue weighted by Crippen LogP contribution is -2.12. The van der Waals surface area contributed by atoms with Gasteiger partial charge in [0.2, 0.25) is 5.91 Å². The zero-order valence-electron chi connectivity index (χ0n) is 8.80. The van der Waals surface area contributed by atoms with Crippen LogP contribution in [-0.4, -0.2) is 18.7 Å². The molecule has 1 aromatic rings. The number of hydrogen-bond acceptors (Lipinski definition) is 4. The van der Waals surface area contributed by atoms with Crippen molar-refractivity contribution in [1.29, 1.82) is 5.26 Å². The molecular weight excluding hydrogens is 206 g/mol. The van der Waals surface area contributed by atoms with E-state index in [0.29, 0.717) is 5.75 Å². The van der Waals surface area contributed by atoms with Gasteiger partial charge in [-0.15, -0.1) is 0 Å². The third kappa shape index (κ3) is 4.24. The average Bonchev–Trinajstić information content (AvgIpc) is 2.27. The lowest BCUT2D eigenvalue weighted by molar-refractivity contribution is -0.118. The van der Waals surface area contributed by atoms with E-state index in [9.17, 15) is 4.79 Å². The lowest BCUT2D eigenvalue weighted by Gasteiger charge is -2.00. The minimum Gasteiger partial charge on any atom is -0.479 e. The van der Waals surface area contributed by atoms with Gasteiger partial charge in [0.25, 0.3) is 0 Å². The molecule has 0 heterocycles. The molecule has 0 radical (unpaired) electrons. The SMILES string of the molecule is CC(=O)N/N=C\c1ccc(OCC#N)cc1. The predicted octanol–water partition coefficient (Wildman–Crippen LogP) is 1.06. The fourth-order valence-corrected chi connectivity index (χ4v) is 0.963. The lowest BCUT2D eigenvalue weighted by atomic mass is 10.2. The summed E-state index contributed by atoms with van der Waals surface area (Å²) in [6, 6.07) is 8.89. The predicted molar refractivity (Wildman–Crippen MR) is 59.0 cm³/mol. The first-order valence-corrected chi connectivity index (χ1v) is 4.62. The van der Waals surface area contributed by atoms with E-state index in [4.69, 9.17) is 10.00 Å². The standard InChI is InChI=1S/C11H11N3O2/c1-9(15)14-13-8-10-2-4-11(5-3-10)16-7-6-12/h2-5,8H,7H2,1H3,(H,14,15)/b13-8-. The maximum Gasteiger partial charge on any atom is 0.236 e. The molecular formula is C11H11N3O2. The Kier molecular flexibility index (Phi) is 4.54. The van der Waals surface area contributed by atoms with Crippen LogP contribution < -0.4 is 10.2 Å². The number of hydrogen-bond donors (Lipinski definition) is 1. The largest absolute Gasteiger partial charge is 0.479 e. The normalized spacial score (nSPS) is 9.75. The molecule has 1 amide bonds. The topological polar surface area (TPSA) is 74.5 Å². The molecule has 5 nitrogen and oxygen atoms in total. The highest BCUT2D eigenvalue weighted by atomic mass is 16.5. The van der Waals surface area contributed by atoms with Crippen molar-refractivity contribution in [3.63, 3.8) is 0 Å². The molecule has 1 N–H and O–H groups in total. The maximum atomic E-state index is 10.5. The Morgan fingerprint density at radius 2 is 2.25 bits per heavy atom. The number of carbonyl (C=O) groups excluding carboxylic acids is 1. The molecule has 0 bridgehead atoms. The summed E-state index contributed by atoms with van der Waals surface area (Å²) in [5.74, 6) is 0.406. The first-order valence-electron chi connectivity index (χ1n) is 4.62. The van der Waals surface area contributed by atoms with E-state index in [2.05, 4.69) is 10.5 Å². The summed E-state index contributed by atoms with van der Waals surface area (Å²) in [5, 5.41) is 12.0. The number of nitriles is 1. The number of nitrogens with one attached hydrogen (secondary N) is 1. The van der Waals surface area contributed by atoms with Gasteiger partial charge in [0.15, 0.2) is 6.61 Å². The quantitative estimate of drug-likeness (QED) is 0.605. The van der Waals surface area contributed by atoms with Crippen molar-refractivity contribution >= 4 is 12.1 Å². The fraction of sp³-hybridized carbons (Fsp3) is 0.182. The Hall–Kier alpha value is -2.35. The Labute approximate surface area is 93.3 Å². The molecule has 0 saturated heterocycles. The molecule has 16 heavy (non-hydrogen) atoms. The molecule has 0 aromatic heterocycles. The van der Waals surface area contributed by atoms with E-state index in [0.717, 1.165) is 5.56 Å². The van der Waals surface area contributed by atoms with Crippen LogP contribution >= 0.6 is 0 Å². The summed E-state index contributed by atoms with van der Waals surface area (Å²) in [7, 11) is 0. The Morgan fingerprint density at radius 1 is 1.56 bits per heavy atom. The van der Waals surface area contributed by atoms with Crippen LogP contribution in [0.5, 0.6) is 5.75 Å². The van der Waals surface area contributed by atoms with Crippen LogP contribution in [0.4, 0.5) is 0 Å². The van der Waals surface area contributed by atoms with Crippen molar-refractivity contribution in [2.45, 2.75) is 6.92 Å². The van der Waals surface area contributed by atoms with Gasteiger partial charge in [-0.1, -0.05) is 0 Å². The van der Waals surface area contributed by atoms with E-state index >= 15 is 0 Å². The van der Waals surface area contributed by atoms with Crippen LogP contribution in [0, 0.1) is 11.3 Å². The molecule has 0 saturated carbocycles. The average molecular weight is 217 g/mol. The monoisotopic (exact) mass is 217 g/mol. The van der Waals surface area contributed by atoms with Crippen LogP contribution in [0.2, 0.25) is 0 Å². The van der Waals surface area contributed by atoms with Crippen LogP contribution in [0.1, 0.15) is 12.5 Å². The molecule has 0 spiro atoms. The minimum atomic E-state index is -0.217. The van der Waals surface area contributed by atoms with Gasteiger partial charge in [0.05, 0.1) is 6.21 Å². The van der Waals surface area contributed by atoms with Gasteiger partial charge >= 0.3 is 0 Å². The summed E-state index contributed by atoms with van der Waals surface area (Å²) in [6.45, 7) is 1.41. The zero-order chi connectivity index (χ0) is 11.8. The van der Waals surface area contributed by atoms with Crippen molar-refractivity contribution in [3.8, 4) is 11.8 Å².